The lowest BCUT2D eigenvalue weighted by atomic mass is 10.1. The van der Waals surface area contributed by atoms with Crippen LogP contribution in [0.1, 0.15) is 5.56 Å². The highest BCUT2D eigenvalue weighted by Crippen LogP contribution is 2.13. The topological polar surface area (TPSA) is 57.8 Å². The molecule has 0 saturated heterocycles. The summed E-state index contributed by atoms with van der Waals surface area (Å²) >= 11 is 0. The van der Waals surface area contributed by atoms with Crippen molar-refractivity contribution >= 4 is 5.95 Å². The smallest absolute Gasteiger partial charge is 0.260 e. The summed E-state index contributed by atoms with van der Waals surface area (Å²) in [6.07, 6.45) is 2.49. The minimum absolute atomic E-state index is 0.136. The average Bonchev–Trinajstić information content (AvgIpc) is 2.57. The molecule has 4 heteroatoms. The van der Waals surface area contributed by atoms with Crippen molar-refractivity contribution < 1.29 is 0 Å². The number of anilines is 1. The maximum absolute atomic E-state index is 12.1. The Hall–Kier alpha value is -2.88. The molecule has 3 rings (SSSR count). The molecule has 3 aromatic rings. The van der Waals surface area contributed by atoms with E-state index in [0.29, 0.717) is 11.5 Å². The van der Waals surface area contributed by atoms with Gasteiger partial charge in [-0.2, -0.15) is 0 Å². The second-order valence-electron chi connectivity index (χ2n) is 5.00. The van der Waals surface area contributed by atoms with Crippen LogP contribution in [0.15, 0.2) is 71.7 Å². The second-order valence-corrected chi connectivity index (χ2v) is 5.00. The number of aromatic nitrogens is 2. The quantitative estimate of drug-likeness (QED) is 0.759. The first kappa shape index (κ1) is 14.1. The number of nitrogens with zero attached hydrogens (tertiary/aromatic N) is 1. The van der Waals surface area contributed by atoms with Crippen LogP contribution in [0.25, 0.3) is 11.1 Å². The molecule has 0 aliphatic carbocycles. The summed E-state index contributed by atoms with van der Waals surface area (Å²) in [6, 6.07) is 19.7. The zero-order valence-corrected chi connectivity index (χ0v) is 12.1. The molecule has 1 heterocycles. The van der Waals surface area contributed by atoms with Gasteiger partial charge in [0.25, 0.3) is 5.56 Å². The maximum atomic E-state index is 12.1. The molecule has 110 valence electrons. The highest BCUT2D eigenvalue weighted by atomic mass is 16.1. The fraction of sp³-hybridized carbons (Fsp3) is 0.111. The third kappa shape index (κ3) is 3.41. The van der Waals surface area contributed by atoms with Gasteiger partial charge < -0.3 is 5.32 Å². The molecule has 2 aromatic carbocycles. The minimum Gasteiger partial charge on any atom is -0.355 e. The Bertz CT molecular complexity index is 782. The SMILES string of the molecule is O=c1[nH]c(NCCc2ccccc2)ncc1-c1ccccc1. The first-order valence-corrected chi connectivity index (χ1v) is 7.25. The van der Waals surface area contributed by atoms with Gasteiger partial charge in [0.05, 0.1) is 5.56 Å². The lowest BCUT2D eigenvalue weighted by molar-refractivity contribution is 0.977. The Balaban J connectivity index is 1.66. The molecule has 0 aliphatic heterocycles. The lowest BCUT2D eigenvalue weighted by Gasteiger charge is -2.06. The van der Waals surface area contributed by atoms with Crippen LogP contribution in [-0.2, 0) is 6.42 Å². The summed E-state index contributed by atoms with van der Waals surface area (Å²) in [6.45, 7) is 0.720. The number of nitrogens with one attached hydrogen (secondary N) is 2. The number of hydrogen-bond acceptors (Lipinski definition) is 3. The van der Waals surface area contributed by atoms with Gasteiger partial charge in [0.15, 0.2) is 0 Å². The highest BCUT2D eigenvalue weighted by molar-refractivity contribution is 5.61. The molecule has 0 spiro atoms. The molecule has 0 amide bonds. The summed E-state index contributed by atoms with van der Waals surface area (Å²) in [5.74, 6) is 0.501. The molecule has 4 nitrogen and oxygen atoms in total. The van der Waals surface area contributed by atoms with Gasteiger partial charge in [-0.15, -0.1) is 0 Å². The van der Waals surface area contributed by atoms with Gasteiger partial charge in [-0.3, -0.25) is 9.78 Å². The van der Waals surface area contributed by atoms with E-state index in [0.717, 1.165) is 18.5 Å². The molecule has 0 unspecified atom stereocenters. The van der Waals surface area contributed by atoms with E-state index < -0.39 is 0 Å². The normalized spacial score (nSPS) is 10.4. The fourth-order valence-electron chi connectivity index (χ4n) is 2.28. The van der Waals surface area contributed by atoms with Gasteiger partial charge >= 0.3 is 0 Å². The molecular formula is C18H17N3O. The summed E-state index contributed by atoms with van der Waals surface area (Å²) in [7, 11) is 0. The molecular weight excluding hydrogens is 274 g/mol. The van der Waals surface area contributed by atoms with E-state index in [9.17, 15) is 4.79 Å². The predicted molar refractivity (Wildman–Crippen MR) is 88.9 cm³/mol. The summed E-state index contributed by atoms with van der Waals surface area (Å²) < 4.78 is 0. The predicted octanol–water partition coefficient (Wildman–Crippen LogP) is 3.09. The van der Waals surface area contributed by atoms with E-state index in [1.165, 1.54) is 5.56 Å². The Morgan fingerprint density at radius 1 is 0.955 bits per heavy atom. The first-order valence-electron chi connectivity index (χ1n) is 7.25. The van der Waals surface area contributed by atoms with Crippen LogP contribution in [0, 0.1) is 0 Å². The molecule has 22 heavy (non-hydrogen) atoms. The van der Waals surface area contributed by atoms with Crippen molar-refractivity contribution in [3.8, 4) is 11.1 Å². The largest absolute Gasteiger partial charge is 0.355 e. The second kappa shape index (κ2) is 6.72. The molecule has 0 atom stereocenters. The number of benzene rings is 2. The van der Waals surface area contributed by atoms with E-state index in [1.54, 1.807) is 6.20 Å². The molecule has 0 aliphatic rings. The monoisotopic (exact) mass is 291 g/mol. The fourth-order valence-corrected chi connectivity index (χ4v) is 2.28. The van der Waals surface area contributed by atoms with E-state index >= 15 is 0 Å². The van der Waals surface area contributed by atoms with Crippen LogP contribution in [-0.4, -0.2) is 16.5 Å². The van der Waals surface area contributed by atoms with Gasteiger partial charge in [-0.05, 0) is 17.5 Å². The Kier molecular flexibility index (Phi) is 4.30. The van der Waals surface area contributed by atoms with E-state index in [-0.39, 0.29) is 5.56 Å². The van der Waals surface area contributed by atoms with Gasteiger partial charge in [0, 0.05) is 12.7 Å². The van der Waals surface area contributed by atoms with E-state index in [4.69, 9.17) is 0 Å². The van der Waals surface area contributed by atoms with Crippen LogP contribution in [0.3, 0.4) is 0 Å². The van der Waals surface area contributed by atoms with Crippen LogP contribution in [0.4, 0.5) is 5.95 Å². The molecule has 0 bridgehead atoms. The third-order valence-electron chi connectivity index (χ3n) is 3.43. The number of aromatic amines is 1. The first-order chi connectivity index (χ1) is 10.8. The Labute approximate surface area is 128 Å². The molecule has 1 aromatic heterocycles. The van der Waals surface area contributed by atoms with E-state index in [1.807, 2.05) is 48.5 Å². The van der Waals surface area contributed by atoms with Gasteiger partial charge in [-0.25, -0.2) is 4.98 Å². The average molecular weight is 291 g/mol. The number of H-pyrrole nitrogens is 1. The van der Waals surface area contributed by atoms with Gasteiger partial charge in [0.1, 0.15) is 0 Å². The van der Waals surface area contributed by atoms with Crippen LogP contribution in [0.5, 0.6) is 0 Å². The number of rotatable bonds is 5. The van der Waals surface area contributed by atoms with Crippen molar-refractivity contribution in [2.75, 3.05) is 11.9 Å². The van der Waals surface area contributed by atoms with E-state index in [2.05, 4.69) is 27.4 Å². The lowest BCUT2D eigenvalue weighted by Crippen LogP contribution is -2.15. The molecule has 0 saturated carbocycles. The van der Waals surface area contributed by atoms with Crippen molar-refractivity contribution in [2.24, 2.45) is 0 Å². The summed E-state index contributed by atoms with van der Waals surface area (Å²) in [5, 5.41) is 3.15. The Morgan fingerprint density at radius 3 is 2.32 bits per heavy atom. The van der Waals surface area contributed by atoms with Gasteiger partial charge in [-0.1, -0.05) is 60.7 Å². The summed E-state index contributed by atoms with van der Waals surface area (Å²) in [5.41, 5.74) is 2.56. The zero-order valence-electron chi connectivity index (χ0n) is 12.1. The van der Waals surface area contributed by atoms with Crippen LogP contribution >= 0.6 is 0 Å². The number of hydrogen-bond donors (Lipinski definition) is 2. The van der Waals surface area contributed by atoms with Gasteiger partial charge in [0.2, 0.25) is 5.95 Å². The van der Waals surface area contributed by atoms with Crippen molar-refractivity contribution in [3.63, 3.8) is 0 Å². The third-order valence-corrected chi connectivity index (χ3v) is 3.43. The maximum Gasteiger partial charge on any atom is 0.260 e. The van der Waals surface area contributed by atoms with Crippen molar-refractivity contribution in [1.29, 1.82) is 0 Å². The molecule has 2 N–H and O–H groups in total. The Morgan fingerprint density at radius 2 is 1.64 bits per heavy atom. The molecule has 0 fully saturated rings. The summed E-state index contributed by atoms with van der Waals surface area (Å²) in [4.78, 5) is 19.2. The zero-order chi connectivity index (χ0) is 15.2. The highest BCUT2D eigenvalue weighted by Gasteiger charge is 2.04. The molecule has 0 radical (unpaired) electrons. The minimum atomic E-state index is -0.136. The van der Waals surface area contributed by atoms with Crippen LogP contribution < -0.4 is 10.9 Å². The van der Waals surface area contributed by atoms with Crippen molar-refractivity contribution in [3.05, 3.63) is 82.8 Å². The van der Waals surface area contributed by atoms with Crippen LogP contribution in [0.2, 0.25) is 0 Å². The standard InChI is InChI=1S/C18H17N3O/c22-17-16(15-9-5-2-6-10-15)13-20-18(21-17)19-12-11-14-7-3-1-4-8-14/h1-10,13H,11-12H2,(H2,19,20,21,22). The van der Waals surface area contributed by atoms with Crippen molar-refractivity contribution in [2.45, 2.75) is 6.42 Å². The van der Waals surface area contributed by atoms with Crippen molar-refractivity contribution in [1.82, 2.24) is 9.97 Å².